The van der Waals surface area contributed by atoms with Gasteiger partial charge in [0.05, 0.1) is 22.6 Å². The van der Waals surface area contributed by atoms with E-state index in [0.29, 0.717) is 13.2 Å². The van der Waals surface area contributed by atoms with Crippen molar-refractivity contribution in [2.45, 2.75) is 25.3 Å². The van der Waals surface area contributed by atoms with E-state index in [0.717, 1.165) is 23.0 Å². The summed E-state index contributed by atoms with van der Waals surface area (Å²) in [4.78, 5) is 10.2. The van der Waals surface area contributed by atoms with Crippen molar-refractivity contribution < 1.29 is 18.1 Å². The zero-order chi connectivity index (χ0) is 20.2. The van der Waals surface area contributed by atoms with Crippen molar-refractivity contribution in [3.8, 4) is 0 Å². The van der Waals surface area contributed by atoms with Crippen LogP contribution in [0, 0.1) is 24.0 Å². The number of nitrogens with zero attached hydrogens (tertiary/aromatic N) is 3. The van der Waals surface area contributed by atoms with E-state index in [1.54, 1.807) is 13.3 Å². The lowest BCUT2D eigenvalue weighted by molar-refractivity contribution is -0.384. The van der Waals surface area contributed by atoms with Crippen molar-refractivity contribution in [1.82, 2.24) is 4.57 Å². The summed E-state index contributed by atoms with van der Waals surface area (Å²) in [5.41, 5.74) is 5.06. The maximum atomic E-state index is 11.4. The number of nitro benzene ring substituents is 1. The molecule has 1 aromatic heterocycles. The van der Waals surface area contributed by atoms with Gasteiger partial charge in [0, 0.05) is 36.7 Å². The molecule has 0 radical (unpaired) electrons. The van der Waals surface area contributed by atoms with Gasteiger partial charge in [-0.05, 0) is 32.0 Å². The van der Waals surface area contributed by atoms with E-state index in [4.69, 9.17) is 9.88 Å². The van der Waals surface area contributed by atoms with Gasteiger partial charge in [0.2, 0.25) is 10.0 Å². The molecule has 27 heavy (non-hydrogen) atoms. The second-order valence-electron chi connectivity index (χ2n) is 5.82. The average molecular weight is 395 g/mol. The summed E-state index contributed by atoms with van der Waals surface area (Å²) < 4.78 is 29.9. The molecule has 0 unspecified atom stereocenters. The molecule has 1 heterocycles. The third kappa shape index (κ3) is 4.90. The third-order valence-electron chi connectivity index (χ3n) is 4.01. The number of aromatic nitrogens is 1. The third-order valence-corrected chi connectivity index (χ3v) is 4.93. The number of hydrazone groups is 1. The lowest BCUT2D eigenvalue weighted by atomic mass is 10.2. The van der Waals surface area contributed by atoms with Crippen LogP contribution in [0.1, 0.15) is 17.0 Å². The molecule has 0 aliphatic rings. The normalized spacial score (nSPS) is 11.9. The van der Waals surface area contributed by atoms with Gasteiger partial charge in [0.15, 0.2) is 0 Å². The fraction of sp³-hybridized carbons (Fsp3) is 0.312. The smallest absolute Gasteiger partial charge is 0.295 e. The van der Waals surface area contributed by atoms with Crippen LogP contribution in [0.4, 0.5) is 11.4 Å². The Bertz CT molecular complexity index is 981. The zero-order valence-corrected chi connectivity index (χ0v) is 16.0. The molecular formula is C16H21N5O5S. The number of hydrogen-bond donors (Lipinski definition) is 2. The summed E-state index contributed by atoms with van der Waals surface area (Å²) >= 11 is 0. The minimum atomic E-state index is -4.04. The van der Waals surface area contributed by atoms with Gasteiger partial charge in [-0.3, -0.25) is 15.5 Å². The number of primary sulfonamides is 1. The fourth-order valence-corrected chi connectivity index (χ4v) is 3.12. The predicted molar refractivity (Wildman–Crippen MR) is 101 cm³/mol. The van der Waals surface area contributed by atoms with Crippen LogP contribution in [-0.4, -0.2) is 37.8 Å². The summed E-state index contributed by atoms with van der Waals surface area (Å²) in [6.07, 6.45) is 1.54. The van der Waals surface area contributed by atoms with Gasteiger partial charge in [-0.1, -0.05) is 0 Å². The molecule has 1 aromatic carbocycles. The monoisotopic (exact) mass is 395 g/mol. The molecule has 0 spiro atoms. The topological polar surface area (TPSA) is 142 Å². The molecule has 146 valence electrons. The molecule has 0 atom stereocenters. The molecule has 0 fully saturated rings. The second-order valence-corrected chi connectivity index (χ2v) is 7.38. The van der Waals surface area contributed by atoms with Gasteiger partial charge >= 0.3 is 0 Å². The van der Waals surface area contributed by atoms with Crippen molar-refractivity contribution in [3.63, 3.8) is 0 Å². The van der Waals surface area contributed by atoms with Crippen LogP contribution in [0.5, 0.6) is 0 Å². The number of nitro groups is 1. The Morgan fingerprint density at radius 1 is 1.37 bits per heavy atom. The molecule has 0 aliphatic heterocycles. The van der Waals surface area contributed by atoms with Crippen molar-refractivity contribution in [3.05, 3.63) is 51.3 Å². The van der Waals surface area contributed by atoms with E-state index >= 15 is 0 Å². The first-order valence-electron chi connectivity index (χ1n) is 7.91. The second kappa shape index (κ2) is 8.29. The Morgan fingerprint density at radius 3 is 2.67 bits per heavy atom. The largest absolute Gasteiger partial charge is 0.383 e. The van der Waals surface area contributed by atoms with Crippen molar-refractivity contribution in [2.75, 3.05) is 19.1 Å². The molecule has 3 N–H and O–H groups in total. The van der Waals surface area contributed by atoms with Crippen molar-refractivity contribution in [1.29, 1.82) is 0 Å². The highest BCUT2D eigenvalue weighted by Crippen LogP contribution is 2.27. The number of nitrogens with two attached hydrogens (primary N) is 1. The standard InChI is InChI=1S/C16H21N5O5S/c1-11-8-13(12(2)20(11)6-7-26-3)10-18-19-15-5-4-14(27(17,24)25)9-16(15)21(22)23/h4-5,8-10,19H,6-7H2,1-3H3,(H2,17,24,25). The minimum absolute atomic E-state index is 0.0526. The number of nitrogens with one attached hydrogen (secondary N) is 1. The van der Waals surface area contributed by atoms with Crippen molar-refractivity contribution in [2.24, 2.45) is 10.2 Å². The molecule has 0 bridgehead atoms. The summed E-state index contributed by atoms with van der Waals surface area (Å²) in [5.74, 6) is 0. The summed E-state index contributed by atoms with van der Waals surface area (Å²) in [6.45, 7) is 5.18. The van der Waals surface area contributed by atoms with Crippen LogP contribution >= 0.6 is 0 Å². The summed E-state index contributed by atoms with van der Waals surface area (Å²) in [6, 6.07) is 5.26. The first-order chi connectivity index (χ1) is 12.6. The number of methoxy groups -OCH3 is 1. The highest BCUT2D eigenvalue weighted by molar-refractivity contribution is 7.89. The van der Waals surface area contributed by atoms with Gasteiger partial charge in [-0.2, -0.15) is 5.10 Å². The average Bonchev–Trinajstić information content (AvgIpc) is 2.86. The quantitative estimate of drug-likeness (QED) is 0.396. The number of benzene rings is 1. The van der Waals surface area contributed by atoms with E-state index in [1.807, 2.05) is 19.9 Å². The van der Waals surface area contributed by atoms with Crippen LogP contribution in [0.15, 0.2) is 34.3 Å². The Balaban J connectivity index is 2.25. The molecule has 10 nitrogen and oxygen atoms in total. The molecule has 0 aliphatic carbocycles. The number of hydrogen-bond acceptors (Lipinski definition) is 7. The summed E-state index contributed by atoms with van der Waals surface area (Å²) in [5, 5.41) is 20.2. The van der Waals surface area contributed by atoms with E-state index in [1.165, 1.54) is 12.1 Å². The van der Waals surface area contributed by atoms with Gasteiger partial charge in [-0.25, -0.2) is 13.6 Å². The Morgan fingerprint density at radius 2 is 2.07 bits per heavy atom. The number of anilines is 1. The molecule has 0 saturated heterocycles. The maximum absolute atomic E-state index is 11.4. The molecular weight excluding hydrogens is 374 g/mol. The number of sulfonamides is 1. The molecule has 2 rings (SSSR count). The highest BCUT2D eigenvalue weighted by Gasteiger charge is 2.18. The van der Waals surface area contributed by atoms with Crippen LogP contribution in [0.2, 0.25) is 0 Å². The van der Waals surface area contributed by atoms with E-state index < -0.39 is 20.6 Å². The van der Waals surface area contributed by atoms with Gasteiger partial charge in [0.1, 0.15) is 5.69 Å². The predicted octanol–water partition coefficient (Wildman–Crippen LogP) is 1.75. The van der Waals surface area contributed by atoms with Crippen LogP contribution in [0.25, 0.3) is 0 Å². The SMILES string of the molecule is COCCn1c(C)cc(C=NNc2ccc(S(N)(=O)=O)cc2[N+](=O)[O-])c1C. The van der Waals surface area contributed by atoms with Gasteiger partial charge in [-0.15, -0.1) is 0 Å². The summed E-state index contributed by atoms with van der Waals surface area (Å²) in [7, 11) is -2.40. The fourth-order valence-electron chi connectivity index (χ4n) is 2.59. The van der Waals surface area contributed by atoms with Crippen LogP contribution in [-0.2, 0) is 21.3 Å². The Kier molecular flexibility index (Phi) is 6.31. The number of ether oxygens (including phenoxy) is 1. The molecule has 0 saturated carbocycles. The number of rotatable bonds is 8. The van der Waals surface area contributed by atoms with E-state index in [2.05, 4.69) is 15.1 Å². The molecule has 11 heteroatoms. The minimum Gasteiger partial charge on any atom is -0.383 e. The lowest BCUT2D eigenvalue weighted by Gasteiger charge is -2.08. The molecule has 0 amide bonds. The maximum Gasteiger partial charge on any atom is 0.295 e. The molecule has 2 aromatic rings. The number of aryl methyl sites for hydroxylation is 1. The van der Waals surface area contributed by atoms with Crippen LogP contribution < -0.4 is 10.6 Å². The highest BCUT2D eigenvalue weighted by atomic mass is 32.2. The Hall–Kier alpha value is -2.76. The first-order valence-corrected chi connectivity index (χ1v) is 9.45. The lowest BCUT2D eigenvalue weighted by Crippen LogP contribution is -2.12. The van der Waals surface area contributed by atoms with Crippen molar-refractivity contribution >= 4 is 27.6 Å². The zero-order valence-electron chi connectivity index (χ0n) is 15.2. The van der Waals surface area contributed by atoms with E-state index in [9.17, 15) is 18.5 Å². The van der Waals surface area contributed by atoms with E-state index in [-0.39, 0.29) is 10.6 Å². The van der Waals surface area contributed by atoms with Gasteiger partial charge in [0.25, 0.3) is 5.69 Å². The first kappa shape index (κ1) is 20.6. The van der Waals surface area contributed by atoms with Gasteiger partial charge < -0.3 is 9.30 Å². The van der Waals surface area contributed by atoms with Crippen LogP contribution in [0.3, 0.4) is 0 Å². The Labute approximate surface area is 156 Å².